The molecule has 1 aromatic carbocycles. The maximum Gasteiger partial charge on any atom is 0.359 e. The molecule has 1 aromatic heterocycles. The van der Waals surface area contributed by atoms with Gasteiger partial charge in [0.1, 0.15) is 0 Å². The van der Waals surface area contributed by atoms with Crippen LogP contribution >= 0.6 is 0 Å². The first kappa shape index (κ1) is 18.3. The van der Waals surface area contributed by atoms with Gasteiger partial charge in [0.2, 0.25) is 5.91 Å². The van der Waals surface area contributed by atoms with E-state index in [4.69, 9.17) is 4.74 Å². The Morgan fingerprint density at radius 2 is 2.04 bits per heavy atom. The molecule has 1 saturated heterocycles. The summed E-state index contributed by atoms with van der Waals surface area (Å²) in [6, 6.07) is 9.32. The zero-order chi connectivity index (χ0) is 19.4. The zero-order valence-corrected chi connectivity index (χ0v) is 14.7. The number of carbonyl (C=O) groups excluding carboxylic acids is 3. The number of aromatic nitrogens is 2. The molecule has 0 atom stereocenters. The molecule has 140 valence electrons. The highest BCUT2D eigenvalue weighted by Gasteiger charge is 2.22. The lowest BCUT2D eigenvalue weighted by atomic mass is 10.2. The van der Waals surface area contributed by atoms with E-state index in [0.717, 1.165) is 11.1 Å². The van der Waals surface area contributed by atoms with Gasteiger partial charge in [0.25, 0.3) is 11.5 Å². The molecule has 1 N–H and O–H groups in total. The third-order valence-electron chi connectivity index (χ3n) is 4.02. The quantitative estimate of drug-likeness (QED) is 0.776. The highest BCUT2D eigenvalue weighted by atomic mass is 16.5. The van der Waals surface area contributed by atoms with Gasteiger partial charge in [-0.15, -0.1) is 0 Å². The molecule has 27 heavy (non-hydrogen) atoms. The number of rotatable bonds is 5. The Hall–Kier alpha value is -3.49. The van der Waals surface area contributed by atoms with E-state index in [9.17, 15) is 19.2 Å². The van der Waals surface area contributed by atoms with E-state index < -0.39 is 18.5 Å². The van der Waals surface area contributed by atoms with Crippen molar-refractivity contribution >= 4 is 29.2 Å². The largest absolute Gasteiger partial charge is 0.451 e. The minimum Gasteiger partial charge on any atom is -0.451 e. The van der Waals surface area contributed by atoms with Crippen LogP contribution in [-0.2, 0) is 21.4 Å². The molecule has 2 amide bonds. The van der Waals surface area contributed by atoms with Gasteiger partial charge in [0.15, 0.2) is 12.3 Å². The van der Waals surface area contributed by atoms with Gasteiger partial charge in [-0.3, -0.25) is 14.4 Å². The summed E-state index contributed by atoms with van der Waals surface area (Å²) in [5.74, 6) is -1.28. The number of hydrogen-bond donors (Lipinski definition) is 1. The average molecular weight is 370 g/mol. The van der Waals surface area contributed by atoms with E-state index in [-0.39, 0.29) is 17.2 Å². The van der Waals surface area contributed by atoms with Gasteiger partial charge in [-0.05, 0) is 30.7 Å². The fourth-order valence-electron chi connectivity index (χ4n) is 2.69. The van der Waals surface area contributed by atoms with Gasteiger partial charge in [-0.25, -0.2) is 9.48 Å². The maximum atomic E-state index is 12.0. The number of nitrogens with one attached hydrogen (secondary N) is 1. The van der Waals surface area contributed by atoms with Crippen molar-refractivity contribution in [2.45, 2.75) is 12.8 Å². The molecule has 9 heteroatoms. The van der Waals surface area contributed by atoms with Crippen LogP contribution in [0, 0.1) is 0 Å². The average Bonchev–Trinajstić information content (AvgIpc) is 3.08. The molecule has 0 saturated carbocycles. The molecule has 3 rings (SSSR count). The van der Waals surface area contributed by atoms with Crippen molar-refractivity contribution in [3.05, 3.63) is 52.4 Å². The van der Waals surface area contributed by atoms with Crippen LogP contribution in [0.1, 0.15) is 23.3 Å². The van der Waals surface area contributed by atoms with E-state index in [0.29, 0.717) is 24.3 Å². The second kappa shape index (κ2) is 7.81. The minimum atomic E-state index is -0.808. The predicted octanol–water partition coefficient (Wildman–Crippen LogP) is 0.703. The summed E-state index contributed by atoms with van der Waals surface area (Å²) in [7, 11) is 1.41. The van der Waals surface area contributed by atoms with Crippen LogP contribution in [0.4, 0.5) is 11.4 Å². The first-order chi connectivity index (χ1) is 12.9. The van der Waals surface area contributed by atoms with Crippen LogP contribution in [0.5, 0.6) is 0 Å². The SMILES string of the molecule is Cn1nc(C(=O)OCC(=O)Nc2cccc(N3CCCC3=O)c2)ccc1=O. The molecular formula is C18H18N4O5. The fraction of sp³-hybridized carbons (Fsp3) is 0.278. The van der Waals surface area contributed by atoms with Crippen molar-refractivity contribution in [2.75, 3.05) is 23.4 Å². The van der Waals surface area contributed by atoms with E-state index in [1.807, 2.05) is 0 Å². The summed E-state index contributed by atoms with van der Waals surface area (Å²) >= 11 is 0. The number of ether oxygens (including phenoxy) is 1. The Kier molecular flexibility index (Phi) is 5.30. The molecule has 9 nitrogen and oxygen atoms in total. The third-order valence-corrected chi connectivity index (χ3v) is 4.02. The molecule has 1 fully saturated rings. The number of hydrogen-bond acceptors (Lipinski definition) is 6. The number of aryl methyl sites for hydroxylation is 1. The first-order valence-electron chi connectivity index (χ1n) is 8.36. The molecule has 0 aliphatic carbocycles. The van der Waals surface area contributed by atoms with Gasteiger partial charge < -0.3 is 15.0 Å². The predicted molar refractivity (Wildman–Crippen MR) is 96.4 cm³/mol. The number of amides is 2. The van der Waals surface area contributed by atoms with Crippen LogP contribution in [0.2, 0.25) is 0 Å². The molecule has 0 radical (unpaired) electrons. The van der Waals surface area contributed by atoms with Gasteiger partial charge in [-0.1, -0.05) is 6.07 Å². The summed E-state index contributed by atoms with van der Waals surface area (Å²) in [5.41, 5.74) is 0.773. The second-order valence-electron chi connectivity index (χ2n) is 6.00. The van der Waals surface area contributed by atoms with E-state index >= 15 is 0 Å². The molecule has 1 aliphatic rings. The van der Waals surface area contributed by atoms with Crippen molar-refractivity contribution in [3.63, 3.8) is 0 Å². The molecule has 0 spiro atoms. The molecule has 0 unspecified atom stereocenters. The Balaban J connectivity index is 1.57. The number of nitrogens with zero attached hydrogens (tertiary/aromatic N) is 3. The Morgan fingerprint density at radius 1 is 1.22 bits per heavy atom. The van der Waals surface area contributed by atoms with Crippen molar-refractivity contribution < 1.29 is 19.1 Å². The van der Waals surface area contributed by atoms with Gasteiger partial charge in [-0.2, -0.15) is 5.10 Å². The minimum absolute atomic E-state index is 0.0529. The molecule has 2 aromatic rings. The summed E-state index contributed by atoms with van der Waals surface area (Å²) < 4.78 is 5.91. The summed E-state index contributed by atoms with van der Waals surface area (Å²) in [5, 5.41) is 6.38. The van der Waals surface area contributed by atoms with Crippen molar-refractivity contribution in [3.8, 4) is 0 Å². The molecule has 2 heterocycles. The Morgan fingerprint density at radius 3 is 2.74 bits per heavy atom. The third kappa shape index (κ3) is 4.38. The van der Waals surface area contributed by atoms with Crippen LogP contribution < -0.4 is 15.8 Å². The first-order valence-corrected chi connectivity index (χ1v) is 8.36. The number of benzene rings is 1. The van der Waals surface area contributed by atoms with Gasteiger partial charge >= 0.3 is 5.97 Å². The van der Waals surface area contributed by atoms with Crippen LogP contribution in [0.3, 0.4) is 0 Å². The lowest BCUT2D eigenvalue weighted by Gasteiger charge is -2.16. The summed E-state index contributed by atoms with van der Waals surface area (Å²) in [6.45, 7) is 0.149. The van der Waals surface area contributed by atoms with Crippen LogP contribution in [0.15, 0.2) is 41.2 Å². The van der Waals surface area contributed by atoms with Crippen molar-refractivity contribution in [1.29, 1.82) is 0 Å². The topological polar surface area (TPSA) is 111 Å². The molecule has 1 aliphatic heterocycles. The van der Waals surface area contributed by atoms with E-state index in [1.54, 1.807) is 29.2 Å². The highest BCUT2D eigenvalue weighted by molar-refractivity contribution is 5.98. The Bertz CT molecular complexity index is 953. The lowest BCUT2D eigenvalue weighted by Crippen LogP contribution is -2.25. The standard InChI is InChI=1S/C18H18N4O5/c1-21-16(24)8-7-14(20-21)18(26)27-11-15(23)19-12-4-2-5-13(10-12)22-9-3-6-17(22)25/h2,4-5,7-8,10H,3,6,9,11H2,1H3,(H,19,23). The zero-order valence-electron chi connectivity index (χ0n) is 14.7. The van der Waals surface area contributed by atoms with E-state index in [2.05, 4.69) is 10.4 Å². The molecule has 0 bridgehead atoms. The van der Waals surface area contributed by atoms with Crippen LogP contribution in [-0.4, -0.2) is 40.7 Å². The summed E-state index contributed by atoms with van der Waals surface area (Å²) in [6.07, 6.45) is 1.33. The summed E-state index contributed by atoms with van der Waals surface area (Å²) in [4.78, 5) is 48.7. The van der Waals surface area contributed by atoms with Crippen LogP contribution in [0.25, 0.3) is 0 Å². The smallest absolute Gasteiger partial charge is 0.359 e. The van der Waals surface area contributed by atoms with Crippen molar-refractivity contribution in [2.24, 2.45) is 7.05 Å². The second-order valence-corrected chi connectivity index (χ2v) is 6.00. The monoisotopic (exact) mass is 370 g/mol. The number of carbonyl (C=O) groups is 3. The normalized spacial score (nSPS) is 13.5. The fourth-order valence-corrected chi connectivity index (χ4v) is 2.69. The molecular weight excluding hydrogens is 352 g/mol. The number of anilines is 2. The Labute approximate surface area is 154 Å². The van der Waals surface area contributed by atoms with Crippen molar-refractivity contribution in [1.82, 2.24) is 9.78 Å². The maximum absolute atomic E-state index is 12.0. The van der Waals surface area contributed by atoms with E-state index in [1.165, 1.54) is 19.2 Å². The van der Waals surface area contributed by atoms with Gasteiger partial charge in [0, 0.05) is 37.5 Å². The van der Waals surface area contributed by atoms with Gasteiger partial charge in [0.05, 0.1) is 0 Å². The number of esters is 1. The highest BCUT2D eigenvalue weighted by Crippen LogP contribution is 2.24. The lowest BCUT2D eigenvalue weighted by molar-refractivity contribution is -0.119.